The quantitative estimate of drug-likeness (QED) is 0.940. The standard InChI is InChI=1S/C15H20BrN3/c1-9-7-10(2)12(11(3)8-9)5-6-13-14(16)19(4)15(17)18-13/h7-8H,5-6H2,1-4H3,(H2,17,18). The molecule has 0 atom stereocenters. The molecule has 0 saturated heterocycles. The topological polar surface area (TPSA) is 43.8 Å². The lowest BCUT2D eigenvalue weighted by molar-refractivity contribution is 0.877. The van der Waals surface area contributed by atoms with Gasteiger partial charge in [-0.1, -0.05) is 17.7 Å². The first-order chi connectivity index (χ1) is 8.90. The van der Waals surface area contributed by atoms with Crippen LogP contribution in [0.4, 0.5) is 5.95 Å². The van der Waals surface area contributed by atoms with Crippen molar-refractivity contribution in [2.24, 2.45) is 7.05 Å². The molecular weight excluding hydrogens is 302 g/mol. The van der Waals surface area contributed by atoms with E-state index >= 15 is 0 Å². The minimum absolute atomic E-state index is 0.555. The number of rotatable bonds is 3. The number of anilines is 1. The summed E-state index contributed by atoms with van der Waals surface area (Å²) in [6, 6.07) is 4.48. The van der Waals surface area contributed by atoms with Gasteiger partial charge >= 0.3 is 0 Å². The van der Waals surface area contributed by atoms with E-state index in [4.69, 9.17) is 5.73 Å². The van der Waals surface area contributed by atoms with Crippen LogP contribution in [0.15, 0.2) is 16.7 Å². The van der Waals surface area contributed by atoms with Crippen LogP contribution in [-0.2, 0) is 19.9 Å². The Morgan fingerprint density at radius 1 is 1.16 bits per heavy atom. The molecule has 4 heteroatoms. The number of hydrogen-bond donors (Lipinski definition) is 1. The van der Waals surface area contributed by atoms with E-state index in [-0.39, 0.29) is 0 Å². The Kier molecular flexibility index (Phi) is 3.99. The maximum Gasteiger partial charge on any atom is 0.201 e. The maximum atomic E-state index is 5.81. The Morgan fingerprint density at radius 2 is 1.74 bits per heavy atom. The van der Waals surface area contributed by atoms with E-state index in [1.807, 2.05) is 11.6 Å². The molecule has 3 nitrogen and oxygen atoms in total. The summed E-state index contributed by atoms with van der Waals surface area (Å²) in [7, 11) is 1.91. The van der Waals surface area contributed by atoms with Crippen LogP contribution in [0.3, 0.4) is 0 Å². The fourth-order valence-electron chi connectivity index (χ4n) is 2.56. The summed E-state index contributed by atoms with van der Waals surface area (Å²) in [6.45, 7) is 6.49. The highest BCUT2D eigenvalue weighted by Gasteiger charge is 2.11. The summed E-state index contributed by atoms with van der Waals surface area (Å²) in [5.41, 5.74) is 12.3. The number of imidazole rings is 1. The summed E-state index contributed by atoms with van der Waals surface area (Å²) >= 11 is 3.54. The zero-order valence-electron chi connectivity index (χ0n) is 11.9. The number of aryl methyl sites for hydroxylation is 4. The van der Waals surface area contributed by atoms with Gasteiger partial charge in [-0.25, -0.2) is 4.98 Å². The average molecular weight is 322 g/mol. The molecule has 0 unspecified atom stereocenters. The van der Waals surface area contributed by atoms with Gasteiger partial charge < -0.3 is 10.3 Å². The van der Waals surface area contributed by atoms with Crippen molar-refractivity contribution in [1.82, 2.24) is 9.55 Å². The molecular formula is C15H20BrN3. The average Bonchev–Trinajstić information content (AvgIpc) is 2.55. The van der Waals surface area contributed by atoms with Crippen LogP contribution in [0.25, 0.3) is 0 Å². The van der Waals surface area contributed by atoms with E-state index in [0.717, 1.165) is 23.1 Å². The van der Waals surface area contributed by atoms with Gasteiger partial charge in [-0.05, 0) is 66.2 Å². The van der Waals surface area contributed by atoms with Gasteiger partial charge in [0.2, 0.25) is 5.95 Å². The summed E-state index contributed by atoms with van der Waals surface area (Å²) in [5.74, 6) is 0.555. The molecule has 0 aliphatic carbocycles. The third-order valence-electron chi connectivity index (χ3n) is 3.58. The fraction of sp³-hybridized carbons (Fsp3) is 0.400. The third kappa shape index (κ3) is 2.84. The van der Waals surface area contributed by atoms with E-state index in [9.17, 15) is 0 Å². The number of hydrogen-bond acceptors (Lipinski definition) is 2. The van der Waals surface area contributed by atoms with E-state index < -0.39 is 0 Å². The smallest absolute Gasteiger partial charge is 0.201 e. The third-order valence-corrected chi connectivity index (χ3v) is 4.57. The number of nitrogens with zero attached hydrogens (tertiary/aromatic N) is 2. The Balaban J connectivity index is 2.21. The Hall–Kier alpha value is -1.29. The Labute approximate surface area is 123 Å². The summed E-state index contributed by atoms with van der Waals surface area (Å²) in [6.07, 6.45) is 1.89. The van der Waals surface area contributed by atoms with Crippen molar-refractivity contribution in [3.63, 3.8) is 0 Å². The highest BCUT2D eigenvalue weighted by molar-refractivity contribution is 9.10. The molecule has 1 aromatic heterocycles. The van der Waals surface area contributed by atoms with Crippen LogP contribution in [0.5, 0.6) is 0 Å². The molecule has 0 fully saturated rings. The molecule has 0 saturated carbocycles. The van der Waals surface area contributed by atoms with Gasteiger partial charge in [0, 0.05) is 7.05 Å². The minimum Gasteiger partial charge on any atom is -0.369 e. The van der Waals surface area contributed by atoms with Crippen molar-refractivity contribution in [3.05, 3.63) is 44.7 Å². The molecule has 2 rings (SSSR count). The van der Waals surface area contributed by atoms with Crippen molar-refractivity contribution in [3.8, 4) is 0 Å². The number of nitrogen functional groups attached to an aromatic ring is 1. The predicted octanol–water partition coefficient (Wildman–Crippen LogP) is 3.48. The molecule has 0 radical (unpaired) electrons. The van der Waals surface area contributed by atoms with Crippen molar-refractivity contribution in [1.29, 1.82) is 0 Å². The normalized spacial score (nSPS) is 11.0. The van der Waals surface area contributed by atoms with Crippen LogP contribution in [0.2, 0.25) is 0 Å². The Bertz CT molecular complexity index is 591. The highest BCUT2D eigenvalue weighted by Crippen LogP contribution is 2.23. The molecule has 0 aliphatic heterocycles. The summed E-state index contributed by atoms with van der Waals surface area (Å²) < 4.78 is 2.84. The zero-order valence-corrected chi connectivity index (χ0v) is 13.5. The number of nitrogens with two attached hydrogens (primary N) is 1. The highest BCUT2D eigenvalue weighted by atomic mass is 79.9. The maximum absolute atomic E-state index is 5.81. The van der Waals surface area contributed by atoms with Gasteiger partial charge in [-0.15, -0.1) is 0 Å². The second-order valence-electron chi connectivity index (χ2n) is 5.14. The second-order valence-corrected chi connectivity index (χ2v) is 5.89. The molecule has 102 valence electrons. The van der Waals surface area contributed by atoms with E-state index in [0.29, 0.717) is 5.95 Å². The first kappa shape index (κ1) is 14.1. The number of aromatic nitrogens is 2. The van der Waals surface area contributed by atoms with Gasteiger partial charge in [-0.2, -0.15) is 0 Å². The zero-order chi connectivity index (χ0) is 14.2. The SMILES string of the molecule is Cc1cc(C)c(CCc2nc(N)n(C)c2Br)c(C)c1. The molecule has 0 aliphatic rings. The van der Waals surface area contributed by atoms with E-state index in [1.165, 1.54) is 22.3 Å². The van der Waals surface area contributed by atoms with Crippen molar-refractivity contribution in [2.75, 3.05) is 5.73 Å². The molecule has 0 spiro atoms. The van der Waals surface area contributed by atoms with Gasteiger partial charge in [0.25, 0.3) is 0 Å². The van der Waals surface area contributed by atoms with E-state index in [1.54, 1.807) is 0 Å². The monoisotopic (exact) mass is 321 g/mol. The number of halogens is 1. The molecule has 0 amide bonds. The van der Waals surface area contributed by atoms with Gasteiger partial charge in [0.05, 0.1) is 5.69 Å². The lowest BCUT2D eigenvalue weighted by Gasteiger charge is -2.10. The lowest BCUT2D eigenvalue weighted by atomic mass is 9.96. The minimum atomic E-state index is 0.555. The largest absolute Gasteiger partial charge is 0.369 e. The van der Waals surface area contributed by atoms with E-state index in [2.05, 4.69) is 53.8 Å². The number of benzene rings is 1. The lowest BCUT2D eigenvalue weighted by Crippen LogP contribution is -1.99. The van der Waals surface area contributed by atoms with Gasteiger partial charge in [0.1, 0.15) is 4.60 Å². The predicted molar refractivity (Wildman–Crippen MR) is 83.4 cm³/mol. The molecule has 19 heavy (non-hydrogen) atoms. The van der Waals surface area contributed by atoms with Crippen molar-refractivity contribution in [2.45, 2.75) is 33.6 Å². The molecule has 1 heterocycles. The van der Waals surface area contributed by atoms with Crippen LogP contribution in [-0.4, -0.2) is 9.55 Å². The second kappa shape index (κ2) is 5.37. The van der Waals surface area contributed by atoms with Crippen LogP contribution < -0.4 is 5.73 Å². The van der Waals surface area contributed by atoms with Gasteiger partial charge in [0.15, 0.2) is 0 Å². The van der Waals surface area contributed by atoms with Crippen molar-refractivity contribution >= 4 is 21.9 Å². The van der Waals surface area contributed by atoms with Gasteiger partial charge in [-0.3, -0.25) is 0 Å². The summed E-state index contributed by atoms with van der Waals surface area (Å²) in [4.78, 5) is 4.40. The first-order valence-electron chi connectivity index (χ1n) is 6.43. The molecule has 1 aromatic carbocycles. The van der Waals surface area contributed by atoms with Crippen molar-refractivity contribution < 1.29 is 0 Å². The fourth-order valence-corrected chi connectivity index (χ4v) is 3.03. The van der Waals surface area contributed by atoms with Crippen LogP contribution in [0.1, 0.15) is 27.9 Å². The molecule has 0 bridgehead atoms. The first-order valence-corrected chi connectivity index (χ1v) is 7.22. The molecule has 2 N–H and O–H groups in total. The summed E-state index contributed by atoms with van der Waals surface area (Å²) in [5, 5.41) is 0. The van der Waals surface area contributed by atoms with Crippen LogP contribution in [0, 0.1) is 20.8 Å². The van der Waals surface area contributed by atoms with Crippen LogP contribution >= 0.6 is 15.9 Å². The molecule has 2 aromatic rings. The Morgan fingerprint density at radius 3 is 2.21 bits per heavy atom.